The van der Waals surface area contributed by atoms with Crippen molar-refractivity contribution in [3.8, 4) is 5.75 Å². The lowest BCUT2D eigenvalue weighted by atomic mass is 10.1. The molecular weight excluding hydrogens is 451 g/mol. The molecule has 2 aromatic rings. The molecule has 0 spiro atoms. The maximum Gasteiger partial charge on any atom is 0.416 e. The second-order valence-corrected chi connectivity index (χ2v) is 8.73. The molecule has 0 aromatic heterocycles. The molecule has 1 amide bonds. The van der Waals surface area contributed by atoms with Gasteiger partial charge in [-0.3, -0.25) is 4.79 Å². The van der Waals surface area contributed by atoms with E-state index < -0.39 is 11.7 Å². The quantitative estimate of drug-likeness (QED) is 0.550. The van der Waals surface area contributed by atoms with Crippen molar-refractivity contribution in [3.63, 3.8) is 0 Å². The Morgan fingerprint density at radius 2 is 1.79 bits per heavy atom. The number of carbonyl (C=O) groups is 1. The Balaban J connectivity index is 1.40. The lowest BCUT2D eigenvalue weighted by Crippen LogP contribution is -2.47. The summed E-state index contributed by atoms with van der Waals surface area (Å²) in [6.07, 6.45) is -1.68. The van der Waals surface area contributed by atoms with Gasteiger partial charge in [-0.1, -0.05) is 31.2 Å². The summed E-state index contributed by atoms with van der Waals surface area (Å²) in [5.74, 6) is 0.434. The monoisotopic (exact) mass is 475 g/mol. The van der Waals surface area contributed by atoms with E-state index >= 15 is 0 Å². The fourth-order valence-corrected chi connectivity index (χ4v) is 4.61. The molecular formula is C24H24F3N3O2S. The van der Waals surface area contributed by atoms with Crippen molar-refractivity contribution >= 4 is 34.6 Å². The molecule has 4 rings (SSSR count). The van der Waals surface area contributed by atoms with Gasteiger partial charge in [-0.25, -0.2) is 0 Å². The molecule has 174 valence electrons. The average molecular weight is 476 g/mol. The van der Waals surface area contributed by atoms with Crippen molar-refractivity contribution in [1.29, 1.82) is 0 Å². The number of piperazine rings is 1. The number of rotatable bonds is 5. The van der Waals surface area contributed by atoms with Crippen LogP contribution in [0.1, 0.15) is 24.5 Å². The van der Waals surface area contributed by atoms with E-state index in [-0.39, 0.29) is 5.91 Å². The molecule has 2 aromatic carbocycles. The van der Waals surface area contributed by atoms with Crippen LogP contribution < -0.4 is 9.64 Å². The molecule has 0 aliphatic carbocycles. The first-order valence-corrected chi connectivity index (χ1v) is 11.6. The summed E-state index contributed by atoms with van der Waals surface area (Å²) in [5, 5.41) is 0.627. The van der Waals surface area contributed by atoms with E-state index in [2.05, 4.69) is 4.99 Å². The van der Waals surface area contributed by atoms with Gasteiger partial charge in [0.2, 0.25) is 0 Å². The van der Waals surface area contributed by atoms with Crippen LogP contribution in [-0.2, 0) is 11.0 Å². The number of aliphatic imine (C=N–C) groups is 1. The predicted molar refractivity (Wildman–Crippen MR) is 125 cm³/mol. The maximum atomic E-state index is 13.0. The summed E-state index contributed by atoms with van der Waals surface area (Å²) in [7, 11) is 0. The number of thioether (sulfide) groups is 1. The van der Waals surface area contributed by atoms with Crippen LogP contribution in [0, 0.1) is 0 Å². The standard InChI is InChI=1S/C24H24F3N3O2S/c1-2-14-32-20-9-4-3-6-17(20)15-21-22(31)28-23(33-21)30-12-10-29(11-13-30)19-8-5-7-18(16-19)24(25,26)27/h3-9,15-16H,2,10-14H2,1H3/b21-15-. The molecule has 5 nitrogen and oxygen atoms in total. The van der Waals surface area contributed by atoms with E-state index in [1.54, 1.807) is 12.1 Å². The molecule has 1 saturated heterocycles. The number of amidine groups is 1. The lowest BCUT2D eigenvalue weighted by molar-refractivity contribution is -0.137. The minimum absolute atomic E-state index is 0.291. The van der Waals surface area contributed by atoms with Gasteiger partial charge in [-0.15, -0.1) is 0 Å². The Hall–Kier alpha value is -2.94. The second-order valence-electron chi connectivity index (χ2n) is 7.72. The van der Waals surface area contributed by atoms with E-state index in [4.69, 9.17) is 4.74 Å². The maximum absolute atomic E-state index is 13.0. The first-order chi connectivity index (χ1) is 15.8. The SMILES string of the molecule is CCCOc1ccccc1/C=C1\SC(N2CCN(c3cccc(C(F)(F)F)c3)CC2)=NC1=O. The summed E-state index contributed by atoms with van der Waals surface area (Å²) in [4.78, 5) is 21.2. The summed E-state index contributed by atoms with van der Waals surface area (Å²) < 4.78 is 44.8. The van der Waals surface area contributed by atoms with Crippen molar-refractivity contribution in [1.82, 2.24) is 4.90 Å². The Kier molecular flexibility index (Phi) is 6.97. The molecule has 2 aliphatic heterocycles. The zero-order valence-corrected chi connectivity index (χ0v) is 19.0. The highest BCUT2D eigenvalue weighted by Crippen LogP contribution is 2.34. The third-order valence-electron chi connectivity index (χ3n) is 5.37. The zero-order valence-electron chi connectivity index (χ0n) is 18.1. The van der Waals surface area contributed by atoms with Crippen LogP contribution in [0.5, 0.6) is 5.75 Å². The van der Waals surface area contributed by atoms with Crippen molar-refractivity contribution in [2.75, 3.05) is 37.7 Å². The van der Waals surface area contributed by atoms with Crippen LogP contribution in [0.25, 0.3) is 6.08 Å². The van der Waals surface area contributed by atoms with Crippen molar-refractivity contribution in [2.24, 2.45) is 4.99 Å². The Morgan fingerprint density at radius 1 is 1.06 bits per heavy atom. The molecule has 2 aliphatic rings. The topological polar surface area (TPSA) is 45.1 Å². The molecule has 0 bridgehead atoms. The number of anilines is 1. The third kappa shape index (κ3) is 5.52. The number of hydrogen-bond donors (Lipinski definition) is 0. The number of para-hydroxylation sites is 1. The van der Waals surface area contributed by atoms with Crippen molar-refractivity contribution < 1.29 is 22.7 Å². The summed E-state index contributed by atoms with van der Waals surface area (Å²) in [6, 6.07) is 12.9. The molecule has 2 heterocycles. The van der Waals surface area contributed by atoms with Crippen LogP contribution in [0.3, 0.4) is 0 Å². The van der Waals surface area contributed by atoms with Gasteiger partial charge in [0, 0.05) is 37.4 Å². The van der Waals surface area contributed by atoms with Crippen LogP contribution in [0.15, 0.2) is 58.4 Å². The number of benzene rings is 2. The third-order valence-corrected chi connectivity index (χ3v) is 6.41. The van der Waals surface area contributed by atoms with Gasteiger partial charge in [0.15, 0.2) is 5.17 Å². The van der Waals surface area contributed by atoms with Gasteiger partial charge in [-0.2, -0.15) is 18.2 Å². The number of hydrogen-bond acceptors (Lipinski definition) is 5. The smallest absolute Gasteiger partial charge is 0.416 e. The van der Waals surface area contributed by atoms with Gasteiger partial charge >= 0.3 is 6.18 Å². The minimum atomic E-state index is -4.36. The number of halogens is 3. The van der Waals surface area contributed by atoms with Crippen LogP contribution in [0.4, 0.5) is 18.9 Å². The Bertz CT molecular complexity index is 1080. The number of carbonyl (C=O) groups excluding carboxylic acids is 1. The van der Waals surface area contributed by atoms with Crippen LogP contribution in [0.2, 0.25) is 0 Å². The zero-order chi connectivity index (χ0) is 23.4. The lowest BCUT2D eigenvalue weighted by Gasteiger charge is -2.36. The molecule has 0 radical (unpaired) electrons. The number of alkyl halides is 3. The highest BCUT2D eigenvalue weighted by Gasteiger charge is 2.32. The summed E-state index contributed by atoms with van der Waals surface area (Å²) in [6.45, 7) is 4.85. The van der Waals surface area contributed by atoms with Gasteiger partial charge in [-0.05, 0) is 48.5 Å². The first-order valence-electron chi connectivity index (χ1n) is 10.8. The van der Waals surface area contributed by atoms with Gasteiger partial charge in [0.1, 0.15) is 5.75 Å². The Labute approximate surface area is 194 Å². The highest BCUT2D eigenvalue weighted by molar-refractivity contribution is 8.18. The second kappa shape index (κ2) is 9.91. The Morgan fingerprint density at radius 3 is 2.52 bits per heavy atom. The van der Waals surface area contributed by atoms with E-state index in [0.29, 0.717) is 48.5 Å². The van der Waals surface area contributed by atoms with E-state index in [1.807, 2.05) is 41.0 Å². The van der Waals surface area contributed by atoms with Gasteiger partial charge in [0.25, 0.3) is 5.91 Å². The summed E-state index contributed by atoms with van der Waals surface area (Å²) >= 11 is 1.32. The van der Waals surface area contributed by atoms with Crippen molar-refractivity contribution in [2.45, 2.75) is 19.5 Å². The largest absolute Gasteiger partial charge is 0.493 e. The normalized spacial score (nSPS) is 18.1. The average Bonchev–Trinajstić information content (AvgIpc) is 3.18. The van der Waals surface area contributed by atoms with Crippen molar-refractivity contribution in [3.05, 3.63) is 64.6 Å². The molecule has 33 heavy (non-hydrogen) atoms. The van der Waals surface area contributed by atoms with E-state index in [9.17, 15) is 18.0 Å². The number of amides is 1. The number of nitrogens with zero attached hydrogens (tertiary/aromatic N) is 3. The van der Waals surface area contributed by atoms with E-state index in [0.717, 1.165) is 23.8 Å². The van der Waals surface area contributed by atoms with Crippen LogP contribution >= 0.6 is 11.8 Å². The molecule has 0 saturated carbocycles. The molecule has 0 N–H and O–H groups in total. The number of ether oxygens (including phenoxy) is 1. The minimum Gasteiger partial charge on any atom is -0.493 e. The fraction of sp³-hybridized carbons (Fsp3) is 0.333. The fourth-order valence-electron chi connectivity index (χ4n) is 3.65. The van der Waals surface area contributed by atoms with Gasteiger partial charge < -0.3 is 14.5 Å². The highest BCUT2D eigenvalue weighted by atomic mass is 32.2. The predicted octanol–water partition coefficient (Wildman–Crippen LogP) is 5.29. The van der Waals surface area contributed by atoms with Crippen LogP contribution in [-0.4, -0.2) is 48.8 Å². The molecule has 0 unspecified atom stereocenters. The molecule has 0 atom stereocenters. The first kappa shape index (κ1) is 23.2. The molecule has 1 fully saturated rings. The molecule has 9 heteroatoms. The van der Waals surface area contributed by atoms with E-state index in [1.165, 1.54) is 23.9 Å². The van der Waals surface area contributed by atoms with Gasteiger partial charge in [0.05, 0.1) is 17.1 Å². The summed E-state index contributed by atoms with van der Waals surface area (Å²) in [5.41, 5.74) is 0.722.